The topological polar surface area (TPSA) is 101 Å². The molecule has 2 aliphatic heterocycles. The summed E-state index contributed by atoms with van der Waals surface area (Å²) in [5.41, 5.74) is 1.98. The van der Waals surface area contributed by atoms with Crippen LogP contribution < -0.4 is 16.5 Å². The van der Waals surface area contributed by atoms with Crippen LogP contribution in [0.1, 0.15) is 20.1 Å². The van der Waals surface area contributed by atoms with Crippen LogP contribution in [0.3, 0.4) is 0 Å². The normalized spacial score (nSPS) is 36.4. The first-order valence-electron chi connectivity index (χ1n) is 7.84. The summed E-state index contributed by atoms with van der Waals surface area (Å²) in [7, 11) is 0. The lowest BCUT2D eigenvalue weighted by molar-refractivity contribution is -0.200. The van der Waals surface area contributed by atoms with E-state index in [4.69, 9.17) is 42.9 Å². The predicted molar refractivity (Wildman–Crippen MR) is 95.1 cm³/mol. The first-order valence-corrected chi connectivity index (χ1v) is 10.9. The van der Waals surface area contributed by atoms with E-state index in [0.29, 0.717) is 4.57 Å². The van der Waals surface area contributed by atoms with E-state index in [1.54, 1.807) is 13.8 Å². The molecule has 3 heterocycles. The molecule has 2 saturated heterocycles. The number of nitrogens with two attached hydrogens (primary N) is 1. The molecule has 152 valence electrons. The van der Waals surface area contributed by atoms with Gasteiger partial charge >= 0.3 is 5.69 Å². The fourth-order valence-electron chi connectivity index (χ4n) is 2.88. The average molecular weight is 449 g/mol. The second-order valence-electron chi connectivity index (χ2n) is 6.45. The Morgan fingerprint density at radius 1 is 1.56 bits per heavy atom. The fraction of sp³-hybridized carbons (Fsp3) is 0.692. The van der Waals surface area contributed by atoms with Crippen molar-refractivity contribution in [3.8, 4) is 0 Å². The number of anilines is 1. The smallest absolute Gasteiger partial charge is 0.351 e. The van der Waals surface area contributed by atoms with E-state index in [9.17, 15) is 13.6 Å². The van der Waals surface area contributed by atoms with Crippen LogP contribution in [0, 0.1) is 0 Å². The van der Waals surface area contributed by atoms with Gasteiger partial charge in [0.1, 0.15) is 11.9 Å². The minimum absolute atomic E-state index is 0.157. The number of fused-ring (bicyclic) bond motifs is 1. The van der Waals surface area contributed by atoms with E-state index in [2.05, 4.69) is 10.1 Å². The highest BCUT2D eigenvalue weighted by Crippen LogP contribution is 2.58. The van der Waals surface area contributed by atoms with Crippen molar-refractivity contribution in [3.63, 3.8) is 0 Å². The highest BCUT2D eigenvalue weighted by molar-refractivity contribution is 8.09. The second-order valence-corrected chi connectivity index (χ2v) is 10.0. The van der Waals surface area contributed by atoms with Crippen LogP contribution in [0.15, 0.2) is 11.0 Å². The quantitative estimate of drug-likeness (QED) is 0.674. The Morgan fingerprint density at radius 2 is 2.22 bits per heavy atom. The van der Waals surface area contributed by atoms with Crippen LogP contribution >= 0.6 is 18.2 Å². The van der Waals surface area contributed by atoms with Crippen LogP contribution in [-0.4, -0.2) is 46.5 Å². The average Bonchev–Trinajstić information content (AvgIpc) is 2.84. The number of hydrogen-bond acceptors (Lipinski definition) is 7. The number of halogens is 4. The molecule has 0 amide bonds. The highest BCUT2D eigenvalue weighted by atomic mass is 35.5. The van der Waals surface area contributed by atoms with Gasteiger partial charge in [-0.15, -0.1) is 0 Å². The van der Waals surface area contributed by atoms with Gasteiger partial charge < -0.3 is 19.5 Å². The Balaban J connectivity index is 2.00. The number of nitrogens with one attached hydrogen (secondary N) is 1. The van der Waals surface area contributed by atoms with E-state index in [-0.39, 0.29) is 16.9 Å². The summed E-state index contributed by atoms with van der Waals surface area (Å²) in [6.45, 7) is -0.429. The first kappa shape index (κ1) is 21.0. The van der Waals surface area contributed by atoms with Gasteiger partial charge in [0, 0.05) is 12.2 Å². The Hall–Kier alpha value is -0.750. The zero-order valence-electron chi connectivity index (χ0n) is 14.1. The molecule has 3 rings (SSSR count). The van der Waals surface area contributed by atoms with Crippen molar-refractivity contribution in [3.05, 3.63) is 21.7 Å². The molecular formula is C13H17ClF3N4O4PS. The minimum Gasteiger partial charge on any atom is -0.382 e. The van der Waals surface area contributed by atoms with Crippen molar-refractivity contribution in [2.75, 3.05) is 12.3 Å². The predicted octanol–water partition coefficient (Wildman–Crippen LogP) is 1.99. The van der Waals surface area contributed by atoms with Gasteiger partial charge in [0.2, 0.25) is 0 Å². The number of nitrogens with zero attached hydrogens (tertiary/aromatic N) is 2. The molecule has 2 aliphatic rings. The van der Waals surface area contributed by atoms with E-state index >= 15 is 4.39 Å². The molecule has 14 heteroatoms. The third-order valence-corrected chi connectivity index (χ3v) is 7.08. The number of ether oxygens (including phenoxy) is 1. The molecule has 3 N–H and O–H groups in total. The Bertz CT molecular complexity index is 846. The number of aromatic nitrogens is 2. The molecule has 0 bridgehead atoms. The third kappa shape index (κ3) is 3.64. The summed E-state index contributed by atoms with van der Waals surface area (Å²) in [5, 5.41) is 2.67. The third-order valence-electron chi connectivity index (χ3n) is 4.09. The number of rotatable bonds is 4. The molecule has 0 radical (unpaired) electrons. The number of alkyl halides is 3. The van der Waals surface area contributed by atoms with Gasteiger partial charge in [0.15, 0.2) is 18.0 Å². The lowest BCUT2D eigenvalue weighted by Gasteiger charge is -2.42. The molecule has 0 spiro atoms. The summed E-state index contributed by atoms with van der Waals surface area (Å²) in [4.78, 5) is 15.5. The maximum absolute atomic E-state index is 15.2. The van der Waals surface area contributed by atoms with Gasteiger partial charge in [-0.05, 0) is 25.7 Å². The summed E-state index contributed by atoms with van der Waals surface area (Å²) in [6, 6.07) is -0.186. The monoisotopic (exact) mass is 448 g/mol. The summed E-state index contributed by atoms with van der Waals surface area (Å²) in [6.07, 6.45) is -7.86. The summed E-state index contributed by atoms with van der Waals surface area (Å²) >= 11 is 11.0. The molecule has 0 saturated carbocycles. The van der Waals surface area contributed by atoms with Crippen LogP contribution in [0.4, 0.5) is 19.0 Å². The molecule has 27 heavy (non-hydrogen) atoms. The number of hydrogen-bond donors (Lipinski definition) is 2. The molecule has 0 aromatic carbocycles. The van der Waals surface area contributed by atoms with Gasteiger partial charge in [-0.25, -0.2) is 23.1 Å². The largest absolute Gasteiger partial charge is 0.382 e. The summed E-state index contributed by atoms with van der Waals surface area (Å²) in [5.74, 6) is -0.275. The van der Waals surface area contributed by atoms with E-state index in [0.717, 1.165) is 6.20 Å². The number of nitrogen functional groups attached to an aromatic ring is 1. The lowest BCUT2D eigenvalue weighted by Crippen LogP contribution is -2.56. The van der Waals surface area contributed by atoms with Crippen LogP contribution in [-0.2, 0) is 25.6 Å². The second kappa shape index (κ2) is 7.25. The molecule has 8 nitrogen and oxygen atoms in total. The van der Waals surface area contributed by atoms with Crippen LogP contribution in [0.25, 0.3) is 0 Å². The fourth-order valence-corrected chi connectivity index (χ4v) is 5.89. The van der Waals surface area contributed by atoms with Crippen LogP contribution in [0.5, 0.6) is 0 Å². The minimum atomic E-state index is -3.23. The SMILES string of the molecule is CC(C)NP1(=S)OC[C@@]2(C(F)F)O[C@@H](n3cc(Cl)c(N)nc3=O)[C@@H](F)[C@@H]2O1. The van der Waals surface area contributed by atoms with E-state index in [1.165, 1.54) is 0 Å². The molecule has 1 aromatic rings. The van der Waals surface area contributed by atoms with Gasteiger partial charge in [-0.2, -0.15) is 4.98 Å². The summed E-state index contributed by atoms with van der Waals surface area (Å²) < 4.78 is 59.6. The molecule has 0 aliphatic carbocycles. The molecule has 5 atom stereocenters. The highest BCUT2D eigenvalue weighted by Gasteiger charge is 2.66. The van der Waals surface area contributed by atoms with Crippen molar-refractivity contribution >= 4 is 35.9 Å². The maximum atomic E-state index is 15.2. The molecule has 2 fully saturated rings. The van der Waals surface area contributed by atoms with Gasteiger partial charge in [0.25, 0.3) is 13.1 Å². The first-order chi connectivity index (χ1) is 12.5. The van der Waals surface area contributed by atoms with E-state index < -0.39 is 49.5 Å². The van der Waals surface area contributed by atoms with Crippen molar-refractivity contribution in [1.82, 2.24) is 14.6 Å². The maximum Gasteiger partial charge on any atom is 0.351 e. The molecular weight excluding hydrogens is 432 g/mol. The van der Waals surface area contributed by atoms with Crippen LogP contribution in [0.2, 0.25) is 5.02 Å². The van der Waals surface area contributed by atoms with Gasteiger partial charge in [-0.3, -0.25) is 4.57 Å². The van der Waals surface area contributed by atoms with Crippen molar-refractivity contribution in [2.24, 2.45) is 0 Å². The Labute approximate surface area is 162 Å². The van der Waals surface area contributed by atoms with Gasteiger partial charge in [-0.1, -0.05) is 11.6 Å². The van der Waals surface area contributed by atoms with Crippen molar-refractivity contribution < 1.29 is 27.0 Å². The zero-order valence-corrected chi connectivity index (χ0v) is 16.6. The zero-order chi connectivity index (χ0) is 20.1. The van der Waals surface area contributed by atoms with Crippen molar-refractivity contribution in [1.29, 1.82) is 0 Å². The molecule has 1 unspecified atom stereocenters. The van der Waals surface area contributed by atoms with Gasteiger partial charge in [0.05, 0.1) is 11.6 Å². The Kier molecular flexibility index (Phi) is 5.63. The van der Waals surface area contributed by atoms with E-state index in [1.807, 2.05) is 0 Å². The standard InChI is InChI=1S/C13H17ClF3N4O4PS/c1-5(2)20-26(27)23-4-13(11(16)17)8(25-26)7(15)10(24-13)21-3-6(14)9(18)19-12(21)22/h3,5,7-8,10-11H,4H2,1-2H3,(H,20,27)(H2,18,19,22)/t7-,8-,10+,13+,26?/m0/s1. The molecule has 1 aromatic heterocycles. The van der Waals surface area contributed by atoms with Crippen molar-refractivity contribution in [2.45, 2.75) is 50.4 Å². The lowest BCUT2D eigenvalue weighted by atomic mass is 9.97. The Morgan fingerprint density at radius 3 is 2.81 bits per heavy atom.